The molecule has 1 unspecified atom stereocenters. The first-order valence-corrected chi connectivity index (χ1v) is 7.95. The molecule has 0 bridgehead atoms. The van der Waals surface area contributed by atoms with Crippen LogP contribution < -0.4 is 0 Å². The molecule has 1 aliphatic carbocycles. The van der Waals surface area contributed by atoms with E-state index in [1.807, 2.05) is 6.92 Å². The summed E-state index contributed by atoms with van der Waals surface area (Å²) in [5, 5.41) is 0. The van der Waals surface area contributed by atoms with Gasteiger partial charge in [0.2, 0.25) is 0 Å². The zero-order chi connectivity index (χ0) is 15.1. The van der Waals surface area contributed by atoms with Gasteiger partial charge in [-0.3, -0.25) is 0 Å². The van der Waals surface area contributed by atoms with Crippen molar-refractivity contribution in [3.8, 4) is 11.1 Å². The normalized spacial score (nSPS) is 16.7. The predicted octanol–water partition coefficient (Wildman–Crippen LogP) is 5.45. The second-order valence-electron chi connectivity index (χ2n) is 6.31. The highest BCUT2D eigenvalue weighted by atomic mass is 16.3. The fraction of sp³-hybridized carbons (Fsp3) is 0.238. The Kier molecular flexibility index (Phi) is 3.15. The Morgan fingerprint density at radius 3 is 2.41 bits per heavy atom. The molecular formula is C21H20O. The summed E-state index contributed by atoms with van der Waals surface area (Å²) < 4.78 is 5.87. The minimum atomic E-state index is 0.480. The number of furan rings is 1. The third kappa shape index (κ3) is 2.18. The zero-order valence-corrected chi connectivity index (χ0v) is 13.1. The molecule has 1 nitrogen and oxygen atoms in total. The third-order valence-electron chi connectivity index (χ3n) is 4.76. The number of aryl methyl sites for hydroxylation is 2. The number of fused-ring (bicyclic) bond motifs is 1. The Balaban J connectivity index is 1.78. The highest BCUT2D eigenvalue weighted by molar-refractivity contribution is 5.73. The van der Waals surface area contributed by atoms with E-state index in [1.54, 1.807) is 0 Å². The fourth-order valence-electron chi connectivity index (χ4n) is 3.70. The van der Waals surface area contributed by atoms with Crippen molar-refractivity contribution in [3.63, 3.8) is 0 Å². The van der Waals surface area contributed by atoms with E-state index >= 15 is 0 Å². The van der Waals surface area contributed by atoms with E-state index in [4.69, 9.17) is 4.42 Å². The van der Waals surface area contributed by atoms with Crippen LogP contribution in [-0.2, 0) is 12.8 Å². The maximum absolute atomic E-state index is 5.87. The van der Waals surface area contributed by atoms with Crippen LogP contribution in [0.1, 0.15) is 34.1 Å². The number of hydrogen-bond donors (Lipinski definition) is 0. The third-order valence-corrected chi connectivity index (χ3v) is 4.76. The Bertz CT molecular complexity index is 811. The van der Waals surface area contributed by atoms with E-state index in [0.29, 0.717) is 5.92 Å². The van der Waals surface area contributed by atoms with Gasteiger partial charge in [-0.05, 0) is 66.6 Å². The van der Waals surface area contributed by atoms with E-state index < -0.39 is 0 Å². The summed E-state index contributed by atoms with van der Waals surface area (Å²) in [6, 6.07) is 19.5. The minimum Gasteiger partial charge on any atom is -0.466 e. The topological polar surface area (TPSA) is 13.1 Å². The standard InChI is InChI=1S/C21H20O/c1-14-8-10-17-12-18(20-11-9-15(2)22-20)13-19(17)21(14)16-6-4-3-5-7-16/h3-11,18H,12-13H2,1-2H3. The monoisotopic (exact) mass is 288 g/mol. The van der Waals surface area contributed by atoms with Gasteiger partial charge in [0.25, 0.3) is 0 Å². The lowest BCUT2D eigenvalue weighted by Gasteiger charge is -2.12. The lowest BCUT2D eigenvalue weighted by Crippen LogP contribution is -1.96. The molecule has 0 aliphatic heterocycles. The summed E-state index contributed by atoms with van der Waals surface area (Å²) in [6.07, 6.45) is 2.16. The highest BCUT2D eigenvalue weighted by Crippen LogP contribution is 2.41. The van der Waals surface area contributed by atoms with Crippen LogP contribution >= 0.6 is 0 Å². The number of rotatable bonds is 2. The molecule has 3 aromatic rings. The van der Waals surface area contributed by atoms with Crippen molar-refractivity contribution in [2.45, 2.75) is 32.6 Å². The fourth-order valence-corrected chi connectivity index (χ4v) is 3.70. The maximum atomic E-state index is 5.87. The van der Waals surface area contributed by atoms with Crippen LogP contribution in [0.5, 0.6) is 0 Å². The first-order valence-electron chi connectivity index (χ1n) is 7.95. The first-order chi connectivity index (χ1) is 10.7. The van der Waals surface area contributed by atoms with Crippen molar-refractivity contribution >= 4 is 0 Å². The minimum absolute atomic E-state index is 0.480. The molecule has 2 aromatic carbocycles. The number of benzene rings is 2. The molecule has 1 heteroatoms. The van der Waals surface area contributed by atoms with Crippen molar-refractivity contribution in [1.82, 2.24) is 0 Å². The van der Waals surface area contributed by atoms with Crippen molar-refractivity contribution in [2.75, 3.05) is 0 Å². The van der Waals surface area contributed by atoms with Gasteiger partial charge in [-0.2, -0.15) is 0 Å². The molecule has 1 atom stereocenters. The molecule has 110 valence electrons. The molecule has 1 aromatic heterocycles. The lowest BCUT2D eigenvalue weighted by molar-refractivity contribution is 0.448. The van der Waals surface area contributed by atoms with Crippen LogP contribution in [0.4, 0.5) is 0 Å². The van der Waals surface area contributed by atoms with Gasteiger partial charge in [-0.1, -0.05) is 42.5 Å². The quantitative estimate of drug-likeness (QED) is 0.611. The molecule has 1 heterocycles. The van der Waals surface area contributed by atoms with Gasteiger partial charge in [0.05, 0.1) is 0 Å². The second kappa shape index (κ2) is 5.17. The first kappa shape index (κ1) is 13.4. The van der Waals surface area contributed by atoms with E-state index in [9.17, 15) is 0 Å². The molecule has 0 spiro atoms. The van der Waals surface area contributed by atoms with Gasteiger partial charge >= 0.3 is 0 Å². The summed E-state index contributed by atoms with van der Waals surface area (Å²) in [5.74, 6) is 2.61. The molecule has 0 fully saturated rings. The van der Waals surface area contributed by atoms with Crippen LogP contribution in [0.3, 0.4) is 0 Å². The van der Waals surface area contributed by atoms with Crippen LogP contribution in [-0.4, -0.2) is 0 Å². The Morgan fingerprint density at radius 2 is 1.68 bits per heavy atom. The summed E-state index contributed by atoms with van der Waals surface area (Å²) >= 11 is 0. The Hall–Kier alpha value is -2.28. The van der Waals surface area contributed by atoms with Gasteiger partial charge in [0.1, 0.15) is 11.5 Å². The van der Waals surface area contributed by atoms with Gasteiger partial charge in [-0.15, -0.1) is 0 Å². The van der Waals surface area contributed by atoms with Gasteiger partial charge in [0.15, 0.2) is 0 Å². The van der Waals surface area contributed by atoms with Gasteiger partial charge < -0.3 is 4.42 Å². The molecular weight excluding hydrogens is 268 g/mol. The summed E-state index contributed by atoms with van der Waals surface area (Å²) in [5.41, 5.74) is 7.09. The van der Waals surface area contributed by atoms with Crippen LogP contribution in [0.15, 0.2) is 59.0 Å². The Morgan fingerprint density at radius 1 is 0.864 bits per heavy atom. The van der Waals surface area contributed by atoms with E-state index in [1.165, 1.54) is 27.8 Å². The zero-order valence-electron chi connectivity index (χ0n) is 13.1. The molecule has 0 saturated carbocycles. The average Bonchev–Trinajstić information content (AvgIpc) is 3.14. The van der Waals surface area contributed by atoms with E-state index in [0.717, 1.165) is 24.4 Å². The molecule has 4 rings (SSSR count). The molecule has 0 saturated heterocycles. The second-order valence-corrected chi connectivity index (χ2v) is 6.31. The largest absolute Gasteiger partial charge is 0.466 e. The van der Waals surface area contributed by atoms with Crippen molar-refractivity contribution < 1.29 is 4.42 Å². The van der Waals surface area contributed by atoms with Crippen LogP contribution in [0.2, 0.25) is 0 Å². The van der Waals surface area contributed by atoms with Crippen LogP contribution in [0, 0.1) is 13.8 Å². The number of hydrogen-bond acceptors (Lipinski definition) is 1. The SMILES string of the molecule is Cc1ccc(C2Cc3ccc(C)c(-c4ccccc4)c3C2)o1. The molecule has 22 heavy (non-hydrogen) atoms. The summed E-state index contributed by atoms with van der Waals surface area (Å²) in [4.78, 5) is 0. The van der Waals surface area contributed by atoms with Crippen molar-refractivity contribution in [1.29, 1.82) is 0 Å². The average molecular weight is 288 g/mol. The van der Waals surface area contributed by atoms with E-state index in [-0.39, 0.29) is 0 Å². The van der Waals surface area contributed by atoms with Crippen LogP contribution in [0.25, 0.3) is 11.1 Å². The molecule has 0 N–H and O–H groups in total. The maximum Gasteiger partial charge on any atom is 0.107 e. The predicted molar refractivity (Wildman–Crippen MR) is 90.2 cm³/mol. The molecule has 0 radical (unpaired) electrons. The Labute approximate surface area is 131 Å². The smallest absolute Gasteiger partial charge is 0.107 e. The van der Waals surface area contributed by atoms with Gasteiger partial charge in [0, 0.05) is 5.92 Å². The van der Waals surface area contributed by atoms with Crippen molar-refractivity contribution in [3.05, 3.63) is 82.8 Å². The van der Waals surface area contributed by atoms with E-state index in [2.05, 4.69) is 61.5 Å². The highest BCUT2D eigenvalue weighted by Gasteiger charge is 2.28. The summed E-state index contributed by atoms with van der Waals surface area (Å²) in [7, 11) is 0. The summed E-state index contributed by atoms with van der Waals surface area (Å²) in [6.45, 7) is 4.23. The van der Waals surface area contributed by atoms with Gasteiger partial charge in [-0.25, -0.2) is 0 Å². The lowest BCUT2D eigenvalue weighted by atomic mass is 9.92. The van der Waals surface area contributed by atoms with Crippen molar-refractivity contribution in [2.24, 2.45) is 0 Å². The molecule has 0 amide bonds. The molecule has 1 aliphatic rings.